The van der Waals surface area contributed by atoms with Crippen LogP contribution in [0.3, 0.4) is 0 Å². The molecule has 32 heavy (non-hydrogen) atoms. The van der Waals surface area contributed by atoms with Crippen molar-refractivity contribution in [1.29, 1.82) is 0 Å². The van der Waals surface area contributed by atoms with Gasteiger partial charge in [0.15, 0.2) is 5.65 Å². The molecule has 8 nitrogen and oxygen atoms in total. The monoisotopic (exact) mass is 434 g/mol. The fourth-order valence-electron chi connectivity index (χ4n) is 4.25. The van der Waals surface area contributed by atoms with Gasteiger partial charge in [-0.25, -0.2) is 15.0 Å². The second-order valence-electron chi connectivity index (χ2n) is 7.82. The number of aromatic nitrogens is 4. The standard InChI is InChI=1S/C23H26N6O.CH4O/c1-15-12-26-22-18(30-2)8-6-16(21(15)22)13-25-19-14-24-17-7-9-20(28-23(17)27-19)29-10-4-3-5-11-29;1-2/h6-9,12,14,26H,3-5,10-11,13H2,1-2H3,(H,25,27,28);2H,1H3. The predicted molar refractivity (Wildman–Crippen MR) is 128 cm³/mol. The van der Waals surface area contributed by atoms with Crippen LogP contribution in [-0.4, -0.2) is 52.4 Å². The summed E-state index contributed by atoms with van der Waals surface area (Å²) in [7, 11) is 2.69. The van der Waals surface area contributed by atoms with Crippen LogP contribution in [0.1, 0.15) is 30.4 Å². The van der Waals surface area contributed by atoms with Gasteiger partial charge in [0.2, 0.25) is 0 Å². The molecule has 0 atom stereocenters. The molecule has 8 heteroatoms. The Labute approximate surface area is 187 Å². The van der Waals surface area contributed by atoms with Crippen molar-refractivity contribution < 1.29 is 9.84 Å². The third kappa shape index (κ3) is 4.31. The zero-order valence-electron chi connectivity index (χ0n) is 18.9. The fourth-order valence-corrected chi connectivity index (χ4v) is 4.25. The van der Waals surface area contributed by atoms with Gasteiger partial charge in [0.05, 0.1) is 18.8 Å². The lowest BCUT2D eigenvalue weighted by atomic mass is 10.1. The Morgan fingerprint density at radius 1 is 1.09 bits per heavy atom. The number of anilines is 2. The molecule has 1 saturated heterocycles. The Bertz CT molecular complexity index is 1200. The number of piperidine rings is 1. The second kappa shape index (κ2) is 9.82. The summed E-state index contributed by atoms with van der Waals surface area (Å²) in [6.07, 6.45) is 7.54. The third-order valence-corrected chi connectivity index (χ3v) is 5.83. The molecule has 0 unspecified atom stereocenters. The van der Waals surface area contributed by atoms with Crippen LogP contribution in [0, 0.1) is 6.92 Å². The molecule has 168 valence electrons. The third-order valence-electron chi connectivity index (χ3n) is 5.83. The average molecular weight is 435 g/mol. The number of rotatable bonds is 5. The SMILES string of the molecule is CO.COc1ccc(CNc2cnc3ccc(N4CCCCC4)nc3n2)c2c(C)c[nH]c12. The Balaban J connectivity index is 0.00000119. The predicted octanol–water partition coefficient (Wildman–Crippen LogP) is 4.03. The van der Waals surface area contributed by atoms with E-state index in [0.29, 0.717) is 12.2 Å². The van der Waals surface area contributed by atoms with E-state index in [1.54, 1.807) is 13.3 Å². The van der Waals surface area contributed by atoms with Crippen LogP contribution < -0.4 is 15.0 Å². The van der Waals surface area contributed by atoms with E-state index in [2.05, 4.69) is 39.2 Å². The van der Waals surface area contributed by atoms with Crippen molar-refractivity contribution in [3.63, 3.8) is 0 Å². The molecule has 4 aromatic rings. The van der Waals surface area contributed by atoms with E-state index in [1.165, 1.54) is 35.8 Å². The maximum Gasteiger partial charge on any atom is 0.182 e. The van der Waals surface area contributed by atoms with E-state index in [1.807, 2.05) is 18.3 Å². The molecule has 1 aliphatic rings. The van der Waals surface area contributed by atoms with Gasteiger partial charge in [0, 0.05) is 38.3 Å². The number of pyridine rings is 1. The first-order chi connectivity index (χ1) is 15.7. The minimum atomic E-state index is 0.644. The highest BCUT2D eigenvalue weighted by Crippen LogP contribution is 2.30. The normalized spacial score (nSPS) is 13.7. The summed E-state index contributed by atoms with van der Waals surface area (Å²) in [5, 5.41) is 11.6. The number of aliphatic hydroxyl groups excluding tert-OH is 1. The first-order valence-corrected chi connectivity index (χ1v) is 10.9. The number of aryl methyl sites for hydroxylation is 1. The highest BCUT2D eigenvalue weighted by Gasteiger charge is 2.14. The van der Waals surface area contributed by atoms with Crippen molar-refractivity contribution in [2.24, 2.45) is 0 Å². The first kappa shape index (κ1) is 21.8. The van der Waals surface area contributed by atoms with Crippen molar-refractivity contribution in [2.75, 3.05) is 37.5 Å². The van der Waals surface area contributed by atoms with E-state index in [0.717, 1.165) is 48.6 Å². The maximum atomic E-state index is 7.00. The molecule has 0 aliphatic carbocycles. The Morgan fingerprint density at radius 3 is 2.69 bits per heavy atom. The molecule has 0 spiro atoms. The zero-order valence-corrected chi connectivity index (χ0v) is 18.9. The number of aliphatic hydroxyl groups is 1. The molecule has 0 amide bonds. The zero-order chi connectivity index (χ0) is 22.5. The number of benzene rings is 1. The molecule has 1 aliphatic heterocycles. The molecular formula is C24H30N6O2. The summed E-state index contributed by atoms with van der Waals surface area (Å²) >= 11 is 0. The van der Waals surface area contributed by atoms with Crippen LogP contribution >= 0.6 is 0 Å². The van der Waals surface area contributed by atoms with Gasteiger partial charge in [-0.1, -0.05) is 6.07 Å². The quantitative estimate of drug-likeness (QED) is 0.436. The summed E-state index contributed by atoms with van der Waals surface area (Å²) in [5.41, 5.74) is 4.89. The van der Waals surface area contributed by atoms with Crippen molar-refractivity contribution in [3.8, 4) is 5.75 Å². The van der Waals surface area contributed by atoms with Gasteiger partial charge < -0.3 is 25.0 Å². The van der Waals surface area contributed by atoms with Crippen LogP contribution in [0.25, 0.3) is 22.1 Å². The van der Waals surface area contributed by atoms with Crippen molar-refractivity contribution in [3.05, 3.63) is 47.8 Å². The first-order valence-electron chi connectivity index (χ1n) is 10.9. The number of H-pyrrole nitrogens is 1. The number of hydrogen-bond donors (Lipinski definition) is 3. The number of hydrogen-bond acceptors (Lipinski definition) is 7. The largest absolute Gasteiger partial charge is 0.495 e. The molecule has 5 rings (SSSR count). The summed E-state index contributed by atoms with van der Waals surface area (Å²) in [5.74, 6) is 2.57. The van der Waals surface area contributed by atoms with Crippen LogP contribution in [0.15, 0.2) is 36.7 Å². The fraction of sp³-hybridized carbons (Fsp3) is 0.375. The number of nitrogens with one attached hydrogen (secondary N) is 2. The summed E-state index contributed by atoms with van der Waals surface area (Å²) in [6.45, 7) is 4.87. The minimum absolute atomic E-state index is 0.644. The summed E-state index contributed by atoms with van der Waals surface area (Å²) in [6, 6.07) is 8.15. The number of ether oxygens (including phenoxy) is 1. The van der Waals surface area contributed by atoms with Crippen LogP contribution in [0.2, 0.25) is 0 Å². The average Bonchev–Trinajstić information content (AvgIpc) is 3.26. The van der Waals surface area contributed by atoms with E-state index < -0.39 is 0 Å². The summed E-state index contributed by atoms with van der Waals surface area (Å²) in [4.78, 5) is 19.7. The molecule has 3 N–H and O–H groups in total. The van der Waals surface area contributed by atoms with Crippen LogP contribution in [-0.2, 0) is 6.54 Å². The van der Waals surface area contributed by atoms with Gasteiger partial charge in [0.25, 0.3) is 0 Å². The Kier molecular flexibility index (Phi) is 6.70. The number of aromatic amines is 1. The highest BCUT2D eigenvalue weighted by molar-refractivity contribution is 5.91. The van der Waals surface area contributed by atoms with E-state index in [4.69, 9.17) is 19.8 Å². The Morgan fingerprint density at radius 2 is 1.91 bits per heavy atom. The van der Waals surface area contributed by atoms with Crippen molar-refractivity contribution in [2.45, 2.75) is 32.7 Å². The molecule has 0 bridgehead atoms. The van der Waals surface area contributed by atoms with Gasteiger partial charge in [-0.15, -0.1) is 0 Å². The van der Waals surface area contributed by atoms with Gasteiger partial charge in [-0.05, 0) is 55.5 Å². The Hall–Kier alpha value is -3.39. The molecule has 1 aromatic carbocycles. The van der Waals surface area contributed by atoms with Crippen molar-refractivity contribution in [1.82, 2.24) is 19.9 Å². The van der Waals surface area contributed by atoms with Gasteiger partial charge in [-0.3, -0.25) is 0 Å². The van der Waals surface area contributed by atoms with Gasteiger partial charge in [-0.2, -0.15) is 0 Å². The highest BCUT2D eigenvalue weighted by atomic mass is 16.5. The molecular weight excluding hydrogens is 404 g/mol. The van der Waals surface area contributed by atoms with E-state index in [9.17, 15) is 0 Å². The van der Waals surface area contributed by atoms with Crippen molar-refractivity contribution >= 4 is 33.7 Å². The number of nitrogens with zero attached hydrogens (tertiary/aromatic N) is 4. The molecule has 0 saturated carbocycles. The lowest BCUT2D eigenvalue weighted by molar-refractivity contribution is 0.399. The lowest BCUT2D eigenvalue weighted by Crippen LogP contribution is -2.30. The minimum Gasteiger partial charge on any atom is -0.495 e. The summed E-state index contributed by atoms with van der Waals surface area (Å²) < 4.78 is 5.48. The molecule has 3 aromatic heterocycles. The van der Waals surface area contributed by atoms with Crippen LogP contribution in [0.5, 0.6) is 5.75 Å². The van der Waals surface area contributed by atoms with Crippen LogP contribution in [0.4, 0.5) is 11.6 Å². The molecule has 1 fully saturated rings. The maximum absolute atomic E-state index is 7.00. The van der Waals surface area contributed by atoms with E-state index in [-0.39, 0.29) is 0 Å². The topological polar surface area (TPSA) is 99.2 Å². The lowest BCUT2D eigenvalue weighted by Gasteiger charge is -2.27. The van der Waals surface area contributed by atoms with E-state index >= 15 is 0 Å². The van der Waals surface area contributed by atoms with Gasteiger partial charge >= 0.3 is 0 Å². The smallest absolute Gasteiger partial charge is 0.182 e. The van der Waals surface area contributed by atoms with Gasteiger partial charge in [0.1, 0.15) is 22.9 Å². The number of methoxy groups -OCH3 is 1. The second-order valence-corrected chi connectivity index (χ2v) is 7.82. The molecule has 4 heterocycles. The number of fused-ring (bicyclic) bond motifs is 2. The molecule has 0 radical (unpaired) electrons.